The summed E-state index contributed by atoms with van der Waals surface area (Å²) in [4.78, 5) is 10.5. The van der Waals surface area contributed by atoms with Crippen molar-refractivity contribution in [2.24, 2.45) is 5.73 Å². The van der Waals surface area contributed by atoms with Crippen LogP contribution in [0.1, 0.15) is 11.1 Å². The zero-order chi connectivity index (χ0) is 12.2. The van der Waals surface area contributed by atoms with Crippen LogP contribution in [0.25, 0.3) is 0 Å². The van der Waals surface area contributed by atoms with Crippen molar-refractivity contribution < 1.29 is 13.2 Å². The molecule has 0 saturated heterocycles. The van der Waals surface area contributed by atoms with Crippen LogP contribution in [0.2, 0.25) is 0 Å². The molecule has 84 valence electrons. The van der Waals surface area contributed by atoms with Crippen molar-refractivity contribution in [2.75, 3.05) is 6.26 Å². The smallest absolute Gasteiger partial charge is 0.293 e. The maximum absolute atomic E-state index is 11.2. The van der Waals surface area contributed by atoms with E-state index in [1.807, 2.05) is 0 Å². The molecular formula is C11H11NO3S. The molecule has 0 radical (unpaired) electrons. The van der Waals surface area contributed by atoms with E-state index >= 15 is 0 Å². The second-order valence-corrected chi connectivity index (χ2v) is 5.48. The van der Waals surface area contributed by atoms with Crippen LogP contribution < -0.4 is 5.73 Å². The van der Waals surface area contributed by atoms with Gasteiger partial charge in [0.1, 0.15) is 0 Å². The Bertz CT molecular complexity index is 564. The van der Waals surface area contributed by atoms with Gasteiger partial charge in [-0.15, -0.1) is 0 Å². The summed E-state index contributed by atoms with van der Waals surface area (Å²) in [5.74, 6) is 3.89. The fraction of sp³-hybridized carbons (Fsp3) is 0.182. The third kappa shape index (κ3) is 4.15. The average Bonchev–Trinajstić information content (AvgIpc) is 2.14. The van der Waals surface area contributed by atoms with Crippen molar-refractivity contribution in [2.45, 2.75) is 5.75 Å². The minimum absolute atomic E-state index is 0.101. The lowest BCUT2D eigenvalue weighted by atomic mass is 10.1. The lowest BCUT2D eigenvalue weighted by Crippen LogP contribution is -2.07. The average molecular weight is 237 g/mol. The third-order valence-electron chi connectivity index (χ3n) is 1.76. The molecule has 1 aromatic carbocycles. The van der Waals surface area contributed by atoms with Crippen LogP contribution in [0.3, 0.4) is 0 Å². The highest BCUT2D eigenvalue weighted by molar-refractivity contribution is 7.89. The van der Waals surface area contributed by atoms with Crippen LogP contribution in [0, 0.1) is 11.8 Å². The molecule has 2 N–H and O–H groups in total. The maximum Gasteiger partial charge on any atom is 0.293 e. The van der Waals surface area contributed by atoms with Gasteiger partial charge in [-0.1, -0.05) is 24.1 Å². The van der Waals surface area contributed by atoms with Crippen molar-refractivity contribution in [3.63, 3.8) is 0 Å². The first-order chi connectivity index (χ1) is 7.38. The SMILES string of the molecule is CS(=O)(=O)Cc1ccccc1C#CC(N)=O. The largest absolute Gasteiger partial charge is 0.359 e. The fourth-order valence-corrected chi connectivity index (χ4v) is 2.00. The highest BCUT2D eigenvalue weighted by atomic mass is 32.2. The third-order valence-corrected chi connectivity index (χ3v) is 2.59. The molecule has 0 bridgehead atoms. The van der Waals surface area contributed by atoms with Crippen molar-refractivity contribution in [1.29, 1.82) is 0 Å². The first kappa shape index (κ1) is 12.3. The summed E-state index contributed by atoms with van der Waals surface area (Å²) in [5, 5.41) is 0. The van der Waals surface area contributed by atoms with E-state index in [9.17, 15) is 13.2 Å². The number of carbonyl (C=O) groups is 1. The number of amides is 1. The Morgan fingerprint density at radius 2 is 2.00 bits per heavy atom. The van der Waals surface area contributed by atoms with Crippen LogP contribution in [-0.2, 0) is 20.4 Å². The molecule has 16 heavy (non-hydrogen) atoms. The van der Waals surface area contributed by atoms with Crippen LogP contribution in [-0.4, -0.2) is 20.6 Å². The summed E-state index contributed by atoms with van der Waals surface area (Å²) in [6.07, 6.45) is 1.14. The van der Waals surface area contributed by atoms with E-state index in [4.69, 9.17) is 5.73 Å². The molecule has 0 aliphatic carbocycles. The number of primary amides is 1. The topological polar surface area (TPSA) is 77.2 Å². The Balaban J connectivity index is 3.12. The van der Waals surface area contributed by atoms with Crippen LogP contribution in [0.4, 0.5) is 0 Å². The summed E-state index contributed by atoms with van der Waals surface area (Å²) in [7, 11) is -3.12. The number of rotatable bonds is 2. The first-order valence-electron chi connectivity index (χ1n) is 4.45. The van der Waals surface area contributed by atoms with Gasteiger partial charge in [0.15, 0.2) is 9.84 Å². The Kier molecular flexibility index (Phi) is 3.69. The second-order valence-electron chi connectivity index (χ2n) is 3.34. The number of hydrogen-bond acceptors (Lipinski definition) is 3. The normalized spacial score (nSPS) is 10.3. The van der Waals surface area contributed by atoms with Gasteiger partial charge in [-0.3, -0.25) is 4.79 Å². The second kappa shape index (κ2) is 4.81. The summed E-state index contributed by atoms with van der Waals surface area (Å²) in [6, 6.07) is 6.75. The summed E-state index contributed by atoms with van der Waals surface area (Å²) in [6.45, 7) is 0. The number of benzene rings is 1. The Labute approximate surface area is 94.4 Å². The maximum atomic E-state index is 11.2. The minimum atomic E-state index is -3.12. The molecule has 1 amide bonds. The van der Waals surface area contributed by atoms with E-state index in [0.29, 0.717) is 11.1 Å². The predicted octanol–water partition coefficient (Wildman–Crippen LogP) is 0.0680. The molecule has 0 saturated carbocycles. The summed E-state index contributed by atoms with van der Waals surface area (Å²) < 4.78 is 22.3. The summed E-state index contributed by atoms with van der Waals surface area (Å²) in [5.41, 5.74) is 5.96. The van der Waals surface area contributed by atoms with E-state index in [1.54, 1.807) is 24.3 Å². The number of carbonyl (C=O) groups excluding carboxylic acids is 1. The molecule has 0 aliphatic heterocycles. The van der Waals surface area contributed by atoms with E-state index in [2.05, 4.69) is 11.8 Å². The van der Waals surface area contributed by atoms with Gasteiger partial charge in [-0.05, 0) is 17.6 Å². The van der Waals surface area contributed by atoms with E-state index < -0.39 is 15.7 Å². The van der Waals surface area contributed by atoms with Gasteiger partial charge in [0.05, 0.1) is 5.75 Å². The first-order valence-corrected chi connectivity index (χ1v) is 6.51. The van der Waals surface area contributed by atoms with Crippen molar-refractivity contribution in [3.8, 4) is 11.8 Å². The highest BCUT2D eigenvalue weighted by Gasteiger charge is 2.07. The predicted molar refractivity (Wildman–Crippen MR) is 61.1 cm³/mol. The molecule has 0 heterocycles. The molecule has 0 spiro atoms. The van der Waals surface area contributed by atoms with Crippen LogP contribution in [0.5, 0.6) is 0 Å². The van der Waals surface area contributed by atoms with Gasteiger partial charge in [-0.25, -0.2) is 8.42 Å². The highest BCUT2D eigenvalue weighted by Crippen LogP contribution is 2.10. The zero-order valence-corrected chi connectivity index (χ0v) is 9.54. The molecule has 0 unspecified atom stereocenters. The molecule has 4 nitrogen and oxygen atoms in total. The van der Waals surface area contributed by atoms with Gasteiger partial charge < -0.3 is 5.73 Å². The lowest BCUT2D eigenvalue weighted by Gasteiger charge is -2.01. The Morgan fingerprint density at radius 1 is 1.38 bits per heavy atom. The molecule has 0 aliphatic rings. The molecule has 5 heteroatoms. The Morgan fingerprint density at radius 3 is 2.56 bits per heavy atom. The van der Waals surface area contributed by atoms with E-state index in [0.717, 1.165) is 6.26 Å². The van der Waals surface area contributed by atoms with Gasteiger partial charge in [0.2, 0.25) is 0 Å². The van der Waals surface area contributed by atoms with Gasteiger partial charge >= 0.3 is 0 Å². The van der Waals surface area contributed by atoms with E-state index in [-0.39, 0.29) is 5.75 Å². The lowest BCUT2D eigenvalue weighted by molar-refractivity contribution is -0.112. The van der Waals surface area contributed by atoms with Crippen molar-refractivity contribution in [1.82, 2.24) is 0 Å². The molecule has 0 atom stereocenters. The molecule has 1 rings (SSSR count). The molecule has 1 aromatic rings. The fourth-order valence-electron chi connectivity index (χ4n) is 1.18. The number of sulfone groups is 1. The minimum Gasteiger partial charge on any atom is -0.359 e. The van der Waals surface area contributed by atoms with Crippen LogP contribution in [0.15, 0.2) is 24.3 Å². The summed E-state index contributed by atoms with van der Waals surface area (Å²) >= 11 is 0. The van der Waals surface area contributed by atoms with Gasteiger partial charge in [-0.2, -0.15) is 0 Å². The standard InChI is InChI=1S/C11H11NO3S/c1-16(14,15)8-10-5-3-2-4-9(10)6-7-11(12)13/h2-5H,8H2,1H3,(H2,12,13). The quantitative estimate of drug-likeness (QED) is 0.739. The molecular weight excluding hydrogens is 226 g/mol. The molecule has 0 aromatic heterocycles. The Hall–Kier alpha value is -1.80. The van der Waals surface area contributed by atoms with Crippen LogP contribution >= 0.6 is 0 Å². The monoisotopic (exact) mass is 237 g/mol. The van der Waals surface area contributed by atoms with Gasteiger partial charge in [0.25, 0.3) is 5.91 Å². The number of nitrogens with two attached hydrogens (primary N) is 1. The van der Waals surface area contributed by atoms with Crippen molar-refractivity contribution >= 4 is 15.7 Å². The van der Waals surface area contributed by atoms with E-state index in [1.165, 1.54) is 0 Å². The van der Waals surface area contributed by atoms with Crippen molar-refractivity contribution in [3.05, 3.63) is 35.4 Å². The number of hydrogen-bond donors (Lipinski definition) is 1. The molecule has 0 fully saturated rings. The zero-order valence-electron chi connectivity index (χ0n) is 8.73. The van der Waals surface area contributed by atoms with Gasteiger partial charge in [0, 0.05) is 11.8 Å².